The Labute approximate surface area is 191 Å². The van der Waals surface area contributed by atoms with Gasteiger partial charge in [0.25, 0.3) is 11.8 Å². The molecule has 8 nitrogen and oxygen atoms in total. The third kappa shape index (κ3) is 7.32. The number of rotatable bonds is 8. The minimum atomic E-state index is -0.470. The zero-order valence-corrected chi connectivity index (χ0v) is 18.0. The summed E-state index contributed by atoms with van der Waals surface area (Å²) in [5.41, 5.74) is 2.12. The summed E-state index contributed by atoms with van der Waals surface area (Å²) in [6, 6.07) is 21.9. The Morgan fingerprint density at radius 2 is 1.48 bits per heavy atom. The van der Waals surface area contributed by atoms with Gasteiger partial charge in [-0.3, -0.25) is 19.2 Å². The van der Waals surface area contributed by atoms with E-state index in [0.717, 1.165) is 5.56 Å². The third-order valence-electron chi connectivity index (χ3n) is 4.48. The first-order chi connectivity index (χ1) is 15.9. The van der Waals surface area contributed by atoms with Crippen LogP contribution in [0.5, 0.6) is 5.75 Å². The number of anilines is 1. The molecule has 168 valence electrons. The molecule has 33 heavy (non-hydrogen) atoms. The Balaban J connectivity index is 1.51. The van der Waals surface area contributed by atoms with Crippen molar-refractivity contribution in [3.63, 3.8) is 0 Å². The number of esters is 1. The number of ether oxygens (including phenoxy) is 1. The van der Waals surface area contributed by atoms with Gasteiger partial charge in [-0.2, -0.15) is 0 Å². The average Bonchev–Trinajstić information content (AvgIpc) is 2.81. The lowest BCUT2D eigenvalue weighted by molar-refractivity contribution is -0.131. The zero-order valence-electron chi connectivity index (χ0n) is 18.0. The standard InChI is InChI=1S/C25H23N3O5/c1-17(29)33-22-12-6-10-20(14-22)25(32)28-21-11-5-7-18(13-21)15-26-23(30)16-27-24(31)19-8-3-2-4-9-19/h2-14H,15-16H2,1H3,(H,26,30)(H,27,31)(H,28,32). The molecule has 0 saturated heterocycles. The Morgan fingerprint density at radius 1 is 0.758 bits per heavy atom. The Morgan fingerprint density at radius 3 is 2.24 bits per heavy atom. The van der Waals surface area contributed by atoms with E-state index in [-0.39, 0.29) is 36.6 Å². The van der Waals surface area contributed by atoms with Crippen LogP contribution < -0.4 is 20.7 Å². The molecule has 0 saturated carbocycles. The SMILES string of the molecule is CC(=O)Oc1cccc(C(=O)Nc2cccc(CNC(=O)CNC(=O)c3ccccc3)c2)c1. The van der Waals surface area contributed by atoms with Crippen LogP contribution in [0.4, 0.5) is 5.69 Å². The molecule has 0 aliphatic heterocycles. The van der Waals surface area contributed by atoms with Crippen LogP contribution in [0.3, 0.4) is 0 Å². The Kier molecular flexibility index (Phi) is 7.91. The molecule has 0 spiro atoms. The van der Waals surface area contributed by atoms with Crippen LogP contribution in [-0.4, -0.2) is 30.2 Å². The third-order valence-corrected chi connectivity index (χ3v) is 4.48. The van der Waals surface area contributed by atoms with Crippen LogP contribution >= 0.6 is 0 Å². The lowest BCUT2D eigenvalue weighted by Gasteiger charge is -2.10. The highest BCUT2D eigenvalue weighted by Crippen LogP contribution is 2.16. The first kappa shape index (κ1) is 23.2. The van der Waals surface area contributed by atoms with Crippen molar-refractivity contribution < 1.29 is 23.9 Å². The van der Waals surface area contributed by atoms with Crippen molar-refractivity contribution in [3.8, 4) is 5.75 Å². The van der Waals surface area contributed by atoms with E-state index in [1.54, 1.807) is 72.8 Å². The van der Waals surface area contributed by atoms with Crippen LogP contribution in [0.2, 0.25) is 0 Å². The lowest BCUT2D eigenvalue weighted by Crippen LogP contribution is -2.36. The Hall–Kier alpha value is -4.46. The fourth-order valence-corrected chi connectivity index (χ4v) is 2.94. The molecular formula is C25H23N3O5. The summed E-state index contributed by atoms with van der Waals surface area (Å²) in [5, 5.41) is 8.07. The average molecular weight is 445 g/mol. The normalized spacial score (nSPS) is 10.1. The van der Waals surface area contributed by atoms with Gasteiger partial charge in [0.2, 0.25) is 5.91 Å². The summed E-state index contributed by atoms with van der Waals surface area (Å²) in [6.45, 7) is 1.36. The van der Waals surface area contributed by atoms with Crippen molar-refractivity contribution in [2.45, 2.75) is 13.5 Å². The number of benzene rings is 3. The number of hydrogen-bond acceptors (Lipinski definition) is 5. The molecule has 0 unspecified atom stereocenters. The van der Waals surface area contributed by atoms with E-state index in [0.29, 0.717) is 16.8 Å². The summed E-state index contributed by atoms with van der Waals surface area (Å²) in [5.74, 6) is -1.22. The molecule has 0 aliphatic rings. The minimum Gasteiger partial charge on any atom is -0.427 e. The highest BCUT2D eigenvalue weighted by molar-refractivity contribution is 6.04. The van der Waals surface area contributed by atoms with Crippen LogP contribution in [0, 0.1) is 0 Å². The van der Waals surface area contributed by atoms with Crippen LogP contribution in [0.15, 0.2) is 78.9 Å². The monoisotopic (exact) mass is 445 g/mol. The molecule has 3 amide bonds. The van der Waals surface area contributed by atoms with Crippen LogP contribution in [-0.2, 0) is 16.1 Å². The highest BCUT2D eigenvalue weighted by atomic mass is 16.5. The van der Waals surface area contributed by atoms with E-state index >= 15 is 0 Å². The molecule has 0 aromatic heterocycles. The molecule has 8 heteroatoms. The quantitative estimate of drug-likeness (QED) is 0.364. The lowest BCUT2D eigenvalue weighted by atomic mass is 10.1. The maximum absolute atomic E-state index is 12.5. The van der Waals surface area contributed by atoms with Crippen LogP contribution in [0.1, 0.15) is 33.2 Å². The predicted octanol–water partition coefficient (Wildman–Crippen LogP) is 2.91. The van der Waals surface area contributed by atoms with Crippen molar-refractivity contribution in [1.82, 2.24) is 10.6 Å². The van der Waals surface area contributed by atoms with E-state index in [9.17, 15) is 19.2 Å². The molecule has 3 aromatic rings. The van der Waals surface area contributed by atoms with Gasteiger partial charge in [-0.25, -0.2) is 0 Å². The second-order valence-electron chi connectivity index (χ2n) is 7.10. The predicted molar refractivity (Wildman–Crippen MR) is 123 cm³/mol. The number of amides is 3. The molecule has 0 atom stereocenters. The van der Waals surface area contributed by atoms with Crippen molar-refractivity contribution in [1.29, 1.82) is 0 Å². The van der Waals surface area contributed by atoms with Gasteiger partial charge in [0.1, 0.15) is 5.75 Å². The summed E-state index contributed by atoms with van der Waals surface area (Å²) in [6.07, 6.45) is 0. The van der Waals surface area contributed by atoms with Crippen LogP contribution in [0.25, 0.3) is 0 Å². The second kappa shape index (κ2) is 11.2. The number of carbonyl (C=O) groups excluding carboxylic acids is 4. The van der Waals surface area contributed by atoms with Gasteiger partial charge in [-0.15, -0.1) is 0 Å². The summed E-state index contributed by atoms with van der Waals surface area (Å²) >= 11 is 0. The molecule has 3 rings (SSSR count). The summed E-state index contributed by atoms with van der Waals surface area (Å²) in [4.78, 5) is 47.7. The van der Waals surface area contributed by atoms with Gasteiger partial charge in [-0.1, -0.05) is 36.4 Å². The number of carbonyl (C=O) groups is 4. The molecular weight excluding hydrogens is 422 g/mol. The molecule has 0 aliphatic carbocycles. The topological polar surface area (TPSA) is 114 Å². The van der Waals surface area contributed by atoms with Gasteiger partial charge < -0.3 is 20.7 Å². The molecule has 0 radical (unpaired) electrons. The van der Waals surface area contributed by atoms with Gasteiger partial charge in [-0.05, 0) is 48.0 Å². The fourth-order valence-electron chi connectivity index (χ4n) is 2.94. The molecule has 0 heterocycles. The minimum absolute atomic E-state index is 0.150. The molecule has 3 aromatic carbocycles. The molecule has 0 bridgehead atoms. The van der Waals surface area contributed by atoms with Gasteiger partial charge >= 0.3 is 5.97 Å². The van der Waals surface area contributed by atoms with E-state index in [1.165, 1.54) is 13.0 Å². The summed E-state index contributed by atoms with van der Waals surface area (Å²) in [7, 11) is 0. The van der Waals surface area contributed by atoms with Gasteiger partial charge in [0.15, 0.2) is 0 Å². The molecule has 3 N–H and O–H groups in total. The maximum atomic E-state index is 12.5. The van der Waals surface area contributed by atoms with Crippen molar-refractivity contribution in [2.24, 2.45) is 0 Å². The van der Waals surface area contributed by atoms with Gasteiger partial charge in [0.05, 0.1) is 6.54 Å². The number of nitrogens with one attached hydrogen (secondary N) is 3. The van der Waals surface area contributed by atoms with E-state index in [1.807, 2.05) is 0 Å². The van der Waals surface area contributed by atoms with E-state index in [2.05, 4.69) is 16.0 Å². The first-order valence-electron chi connectivity index (χ1n) is 10.2. The van der Waals surface area contributed by atoms with Crippen molar-refractivity contribution in [2.75, 3.05) is 11.9 Å². The first-order valence-corrected chi connectivity index (χ1v) is 10.2. The fraction of sp³-hybridized carbons (Fsp3) is 0.120. The Bertz CT molecular complexity index is 1160. The number of hydrogen-bond donors (Lipinski definition) is 3. The highest BCUT2D eigenvalue weighted by Gasteiger charge is 2.10. The maximum Gasteiger partial charge on any atom is 0.308 e. The van der Waals surface area contributed by atoms with Gasteiger partial charge in [0, 0.05) is 30.3 Å². The van der Waals surface area contributed by atoms with E-state index < -0.39 is 5.97 Å². The largest absolute Gasteiger partial charge is 0.427 e. The van der Waals surface area contributed by atoms with E-state index in [4.69, 9.17) is 4.74 Å². The van der Waals surface area contributed by atoms with Crippen molar-refractivity contribution >= 4 is 29.4 Å². The smallest absolute Gasteiger partial charge is 0.308 e. The second-order valence-corrected chi connectivity index (χ2v) is 7.10. The molecule has 0 fully saturated rings. The van der Waals surface area contributed by atoms with Crippen molar-refractivity contribution in [3.05, 3.63) is 95.6 Å². The summed E-state index contributed by atoms with van der Waals surface area (Å²) < 4.78 is 5.00. The zero-order chi connectivity index (χ0) is 23.6.